The van der Waals surface area contributed by atoms with Crippen LogP contribution in [0.3, 0.4) is 0 Å². The van der Waals surface area contributed by atoms with E-state index in [0.29, 0.717) is 0 Å². The first-order valence-corrected chi connectivity index (χ1v) is 3.22. The normalized spacial score (nSPS) is 13.7. The van der Waals surface area contributed by atoms with Gasteiger partial charge in [-0.25, -0.2) is 0 Å². The summed E-state index contributed by atoms with van der Waals surface area (Å²) in [6, 6.07) is 0. The van der Waals surface area contributed by atoms with E-state index in [9.17, 15) is 13.2 Å². The summed E-state index contributed by atoms with van der Waals surface area (Å²) in [5.41, 5.74) is 0.800. The molecule has 0 unspecified atom stereocenters. The topological polar surface area (TPSA) is 9.23 Å². The summed E-state index contributed by atoms with van der Waals surface area (Å²) in [4.78, 5) is 0. The van der Waals surface area contributed by atoms with Gasteiger partial charge in [0, 0.05) is 0 Å². The second-order valence-corrected chi connectivity index (χ2v) is 2.24. The third-order valence-electron chi connectivity index (χ3n) is 1.09. The van der Waals surface area contributed by atoms with Gasteiger partial charge in [-0.2, -0.15) is 13.2 Å². The van der Waals surface area contributed by atoms with Crippen LogP contribution in [0.1, 0.15) is 13.8 Å². The molecule has 0 atom stereocenters. The highest BCUT2D eigenvalue weighted by atomic mass is 19.4. The average Bonchev–Trinajstić information content (AvgIpc) is 1.85. The van der Waals surface area contributed by atoms with Gasteiger partial charge in [-0.05, 0) is 13.8 Å². The van der Waals surface area contributed by atoms with Gasteiger partial charge < -0.3 is 4.74 Å². The Kier molecular flexibility index (Phi) is 4.18. The highest BCUT2D eigenvalue weighted by Crippen LogP contribution is 2.14. The van der Waals surface area contributed by atoms with Gasteiger partial charge in [-0.1, -0.05) is 11.6 Å². The van der Waals surface area contributed by atoms with Crippen molar-refractivity contribution in [2.75, 3.05) is 13.2 Å². The average molecular weight is 168 g/mol. The molecule has 0 radical (unpaired) electrons. The fourth-order valence-electron chi connectivity index (χ4n) is 0.411. The number of allylic oxidation sites excluding steroid dienone is 1. The minimum Gasteiger partial charge on any atom is -0.368 e. The van der Waals surface area contributed by atoms with E-state index in [1.807, 2.05) is 0 Å². The molecular formula is C7H11F3O. The van der Waals surface area contributed by atoms with Crippen molar-refractivity contribution < 1.29 is 17.9 Å². The molecule has 0 aromatic heterocycles. The summed E-state index contributed by atoms with van der Waals surface area (Å²) in [5, 5.41) is 0. The number of alkyl halides is 3. The molecule has 0 bridgehead atoms. The summed E-state index contributed by atoms with van der Waals surface area (Å²) < 4.78 is 38.8. The standard InChI is InChI=1S/C7H11F3O/c1-3-6(2)4-11-5-7(8,9)10/h3H,4-5H2,1-2H3/b6-3-. The Labute approximate surface area is 63.8 Å². The lowest BCUT2D eigenvalue weighted by molar-refractivity contribution is -0.171. The molecule has 0 aliphatic heterocycles. The van der Waals surface area contributed by atoms with Crippen LogP contribution >= 0.6 is 0 Å². The Morgan fingerprint density at radius 3 is 2.36 bits per heavy atom. The fourth-order valence-corrected chi connectivity index (χ4v) is 0.411. The first-order chi connectivity index (χ1) is 4.95. The lowest BCUT2D eigenvalue weighted by atomic mass is 10.3. The maximum Gasteiger partial charge on any atom is 0.411 e. The first-order valence-electron chi connectivity index (χ1n) is 3.22. The molecule has 1 nitrogen and oxygen atoms in total. The van der Waals surface area contributed by atoms with Crippen LogP contribution in [0.25, 0.3) is 0 Å². The molecule has 0 spiro atoms. The zero-order chi connectivity index (χ0) is 8.91. The molecule has 0 aliphatic rings. The maximum absolute atomic E-state index is 11.5. The summed E-state index contributed by atoms with van der Waals surface area (Å²) in [6.07, 6.45) is -2.50. The van der Waals surface area contributed by atoms with Crippen LogP contribution in [-0.2, 0) is 4.74 Å². The molecule has 4 heteroatoms. The van der Waals surface area contributed by atoms with Crippen LogP contribution in [0.4, 0.5) is 13.2 Å². The quantitative estimate of drug-likeness (QED) is 0.588. The number of rotatable bonds is 3. The smallest absolute Gasteiger partial charge is 0.368 e. The van der Waals surface area contributed by atoms with Crippen molar-refractivity contribution in [3.8, 4) is 0 Å². The molecule has 11 heavy (non-hydrogen) atoms. The summed E-state index contributed by atoms with van der Waals surface area (Å²) in [5.74, 6) is 0. The van der Waals surface area contributed by atoms with E-state index in [1.165, 1.54) is 0 Å². The van der Waals surface area contributed by atoms with Crippen LogP contribution in [0.15, 0.2) is 11.6 Å². The number of hydrogen-bond acceptors (Lipinski definition) is 1. The lowest BCUT2D eigenvalue weighted by Gasteiger charge is -2.06. The molecule has 0 saturated heterocycles. The van der Waals surface area contributed by atoms with Gasteiger partial charge in [0.25, 0.3) is 0 Å². The van der Waals surface area contributed by atoms with E-state index in [1.54, 1.807) is 19.9 Å². The highest BCUT2D eigenvalue weighted by molar-refractivity contribution is 4.95. The molecular weight excluding hydrogens is 157 g/mol. The van der Waals surface area contributed by atoms with Gasteiger partial charge >= 0.3 is 6.18 Å². The van der Waals surface area contributed by atoms with E-state index in [4.69, 9.17) is 0 Å². The Morgan fingerprint density at radius 1 is 1.45 bits per heavy atom. The van der Waals surface area contributed by atoms with E-state index in [2.05, 4.69) is 4.74 Å². The third kappa shape index (κ3) is 7.39. The Balaban J connectivity index is 3.43. The number of hydrogen-bond donors (Lipinski definition) is 0. The van der Waals surface area contributed by atoms with E-state index >= 15 is 0 Å². The number of halogens is 3. The van der Waals surface area contributed by atoms with Crippen molar-refractivity contribution in [3.05, 3.63) is 11.6 Å². The molecule has 0 aromatic carbocycles. The molecule has 0 aromatic rings. The molecule has 0 fully saturated rings. The van der Waals surface area contributed by atoms with Crippen LogP contribution in [0, 0.1) is 0 Å². The van der Waals surface area contributed by atoms with Gasteiger partial charge in [-0.15, -0.1) is 0 Å². The van der Waals surface area contributed by atoms with Crippen LogP contribution in [0.5, 0.6) is 0 Å². The molecule has 0 N–H and O–H groups in total. The van der Waals surface area contributed by atoms with Crippen LogP contribution in [-0.4, -0.2) is 19.4 Å². The Hall–Kier alpha value is -0.510. The molecule has 0 rings (SSSR count). The second kappa shape index (κ2) is 4.38. The van der Waals surface area contributed by atoms with Gasteiger partial charge in [0.2, 0.25) is 0 Å². The molecule has 0 saturated carbocycles. The lowest BCUT2D eigenvalue weighted by Crippen LogP contribution is -2.17. The van der Waals surface area contributed by atoms with E-state index in [-0.39, 0.29) is 6.61 Å². The second-order valence-electron chi connectivity index (χ2n) is 2.24. The number of ether oxygens (including phenoxy) is 1. The third-order valence-corrected chi connectivity index (χ3v) is 1.09. The minimum absolute atomic E-state index is 0.0516. The van der Waals surface area contributed by atoms with Gasteiger partial charge in [-0.3, -0.25) is 0 Å². The molecule has 0 heterocycles. The predicted molar refractivity (Wildman–Crippen MR) is 36.3 cm³/mol. The van der Waals surface area contributed by atoms with E-state index in [0.717, 1.165) is 5.57 Å². The van der Waals surface area contributed by atoms with Gasteiger partial charge in [0.15, 0.2) is 0 Å². The summed E-state index contributed by atoms with van der Waals surface area (Å²) in [7, 11) is 0. The highest BCUT2D eigenvalue weighted by Gasteiger charge is 2.27. The van der Waals surface area contributed by atoms with Crippen molar-refractivity contribution in [1.29, 1.82) is 0 Å². The minimum atomic E-state index is -4.21. The van der Waals surface area contributed by atoms with Crippen LogP contribution in [0.2, 0.25) is 0 Å². The largest absolute Gasteiger partial charge is 0.411 e. The van der Waals surface area contributed by atoms with Crippen molar-refractivity contribution in [3.63, 3.8) is 0 Å². The first kappa shape index (κ1) is 10.5. The molecule has 0 aliphatic carbocycles. The van der Waals surface area contributed by atoms with Crippen molar-refractivity contribution in [1.82, 2.24) is 0 Å². The zero-order valence-corrected chi connectivity index (χ0v) is 6.53. The molecule has 0 amide bonds. The summed E-state index contributed by atoms with van der Waals surface area (Å²) >= 11 is 0. The maximum atomic E-state index is 11.5. The van der Waals surface area contributed by atoms with Crippen molar-refractivity contribution in [2.45, 2.75) is 20.0 Å². The molecule has 66 valence electrons. The monoisotopic (exact) mass is 168 g/mol. The SMILES string of the molecule is C/C=C(/C)COCC(F)(F)F. The van der Waals surface area contributed by atoms with E-state index < -0.39 is 12.8 Å². The Morgan fingerprint density at radius 2 is 2.00 bits per heavy atom. The van der Waals surface area contributed by atoms with Crippen molar-refractivity contribution >= 4 is 0 Å². The predicted octanol–water partition coefficient (Wildman–Crippen LogP) is 2.53. The fraction of sp³-hybridized carbons (Fsp3) is 0.714. The van der Waals surface area contributed by atoms with Crippen LogP contribution < -0.4 is 0 Å². The van der Waals surface area contributed by atoms with Gasteiger partial charge in [0.1, 0.15) is 6.61 Å². The Bertz CT molecular complexity index is 137. The zero-order valence-electron chi connectivity index (χ0n) is 6.53. The van der Waals surface area contributed by atoms with Crippen molar-refractivity contribution in [2.24, 2.45) is 0 Å². The van der Waals surface area contributed by atoms with Gasteiger partial charge in [0.05, 0.1) is 6.61 Å². The summed E-state index contributed by atoms with van der Waals surface area (Å²) in [6.45, 7) is 2.36.